The summed E-state index contributed by atoms with van der Waals surface area (Å²) in [4.78, 5) is 6.50. The number of rotatable bonds is 5. The van der Waals surface area contributed by atoms with Gasteiger partial charge in [-0.15, -0.1) is 0 Å². The summed E-state index contributed by atoms with van der Waals surface area (Å²) in [5.74, 6) is 0. The summed E-state index contributed by atoms with van der Waals surface area (Å²) in [5, 5.41) is 7.09. The smallest absolute Gasteiger partial charge is 0.170 e. The Morgan fingerprint density at radius 2 is 1.91 bits per heavy atom. The third kappa shape index (κ3) is 4.74. The molecule has 2 heterocycles. The third-order valence-electron chi connectivity index (χ3n) is 4.08. The Morgan fingerprint density at radius 1 is 1.13 bits per heavy atom. The Hall–Kier alpha value is -1.98. The first-order valence-electron chi connectivity index (χ1n) is 8.05. The molecule has 0 fully saturated rings. The number of thiocarbonyl (C=S) groups is 1. The number of fused-ring (bicyclic) bond motifs is 1. The molecule has 0 spiro atoms. The number of aromatic nitrogens is 1. The van der Waals surface area contributed by atoms with Gasteiger partial charge < -0.3 is 10.6 Å². The fraction of sp³-hybridized carbons (Fsp3) is 0.333. The van der Waals surface area contributed by atoms with Crippen molar-refractivity contribution in [1.29, 1.82) is 0 Å². The second-order valence-corrected chi connectivity index (χ2v) is 6.17. The number of nitrogens with zero attached hydrogens (tertiary/aromatic N) is 2. The highest BCUT2D eigenvalue weighted by atomic mass is 32.1. The molecule has 3 rings (SSSR count). The summed E-state index contributed by atoms with van der Waals surface area (Å²) in [7, 11) is 0. The molecule has 0 bridgehead atoms. The molecule has 0 saturated heterocycles. The van der Waals surface area contributed by atoms with Gasteiger partial charge in [-0.25, -0.2) is 0 Å². The molecule has 0 radical (unpaired) electrons. The Morgan fingerprint density at radius 3 is 2.74 bits per heavy atom. The molecule has 120 valence electrons. The monoisotopic (exact) mass is 326 g/mol. The van der Waals surface area contributed by atoms with E-state index in [0.29, 0.717) is 5.11 Å². The van der Waals surface area contributed by atoms with E-state index in [1.807, 2.05) is 12.1 Å². The van der Waals surface area contributed by atoms with Crippen molar-refractivity contribution >= 4 is 23.0 Å². The highest BCUT2D eigenvalue weighted by Crippen LogP contribution is 2.18. The van der Waals surface area contributed by atoms with Crippen molar-refractivity contribution in [2.24, 2.45) is 0 Å². The van der Waals surface area contributed by atoms with Gasteiger partial charge in [0.1, 0.15) is 0 Å². The van der Waals surface area contributed by atoms with E-state index in [1.165, 1.54) is 11.1 Å². The van der Waals surface area contributed by atoms with Gasteiger partial charge in [-0.1, -0.05) is 24.3 Å². The highest BCUT2D eigenvalue weighted by molar-refractivity contribution is 7.80. The summed E-state index contributed by atoms with van der Waals surface area (Å²) in [6.07, 6.45) is 5.74. The second kappa shape index (κ2) is 8.04. The first-order chi connectivity index (χ1) is 11.3. The van der Waals surface area contributed by atoms with Crippen LogP contribution in [0.5, 0.6) is 0 Å². The van der Waals surface area contributed by atoms with Crippen LogP contribution in [0, 0.1) is 0 Å². The van der Waals surface area contributed by atoms with E-state index in [-0.39, 0.29) is 0 Å². The zero-order valence-corrected chi connectivity index (χ0v) is 14.0. The minimum absolute atomic E-state index is 0.667. The van der Waals surface area contributed by atoms with E-state index >= 15 is 0 Å². The number of nitrogens with one attached hydrogen (secondary N) is 2. The van der Waals surface area contributed by atoms with E-state index in [4.69, 9.17) is 12.2 Å². The molecule has 0 amide bonds. The maximum absolute atomic E-state index is 5.30. The Bertz CT molecular complexity index is 644. The molecule has 1 aromatic carbocycles. The summed E-state index contributed by atoms with van der Waals surface area (Å²) in [5.41, 5.74) is 3.94. The SMILES string of the molecule is S=C(NCCCN1CCc2ccccc2C1)Nc1ccncc1. The van der Waals surface area contributed by atoms with Crippen molar-refractivity contribution in [2.45, 2.75) is 19.4 Å². The zero-order valence-electron chi connectivity index (χ0n) is 13.2. The molecule has 0 saturated carbocycles. The standard InChI is InChI=1S/C18H22N4S/c23-18(21-17-6-10-19-11-7-17)20-9-3-12-22-13-8-15-4-1-2-5-16(15)14-22/h1-2,4-7,10-11H,3,8-9,12-14H2,(H2,19,20,21,23). The number of pyridine rings is 1. The van der Waals surface area contributed by atoms with Crippen LogP contribution in [0.4, 0.5) is 5.69 Å². The van der Waals surface area contributed by atoms with Crippen molar-refractivity contribution in [2.75, 3.05) is 25.0 Å². The van der Waals surface area contributed by atoms with Crippen LogP contribution in [0.3, 0.4) is 0 Å². The Balaban J connectivity index is 1.35. The lowest BCUT2D eigenvalue weighted by Crippen LogP contribution is -2.34. The summed E-state index contributed by atoms with van der Waals surface area (Å²) in [6.45, 7) is 4.20. The largest absolute Gasteiger partial charge is 0.362 e. The average molecular weight is 326 g/mol. The third-order valence-corrected chi connectivity index (χ3v) is 4.33. The molecule has 2 N–H and O–H groups in total. The summed E-state index contributed by atoms with van der Waals surface area (Å²) in [6, 6.07) is 12.6. The summed E-state index contributed by atoms with van der Waals surface area (Å²) >= 11 is 5.30. The number of anilines is 1. The second-order valence-electron chi connectivity index (χ2n) is 5.77. The normalized spacial score (nSPS) is 14.1. The minimum atomic E-state index is 0.667. The van der Waals surface area contributed by atoms with Crippen LogP contribution >= 0.6 is 12.2 Å². The number of hydrogen-bond donors (Lipinski definition) is 2. The lowest BCUT2D eigenvalue weighted by Gasteiger charge is -2.28. The lowest BCUT2D eigenvalue weighted by molar-refractivity contribution is 0.251. The van der Waals surface area contributed by atoms with Crippen molar-refractivity contribution in [3.8, 4) is 0 Å². The van der Waals surface area contributed by atoms with Gasteiger partial charge in [-0.05, 0) is 48.3 Å². The van der Waals surface area contributed by atoms with E-state index in [0.717, 1.165) is 44.7 Å². The van der Waals surface area contributed by atoms with Crippen LogP contribution in [0.25, 0.3) is 0 Å². The van der Waals surface area contributed by atoms with Gasteiger partial charge in [0, 0.05) is 44.3 Å². The van der Waals surface area contributed by atoms with Gasteiger partial charge >= 0.3 is 0 Å². The van der Waals surface area contributed by atoms with E-state index in [2.05, 4.69) is 44.8 Å². The van der Waals surface area contributed by atoms with Crippen molar-refractivity contribution in [3.05, 3.63) is 59.9 Å². The maximum atomic E-state index is 5.30. The lowest BCUT2D eigenvalue weighted by atomic mass is 10.00. The van der Waals surface area contributed by atoms with Crippen LogP contribution in [-0.2, 0) is 13.0 Å². The molecule has 0 atom stereocenters. The first-order valence-corrected chi connectivity index (χ1v) is 8.46. The van der Waals surface area contributed by atoms with Crippen LogP contribution in [0.15, 0.2) is 48.8 Å². The topological polar surface area (TPSA) is 40.2 Å². The van der Waals surface area contributed by atoms with E-state index in [9.17, 15) is 0 Å². The maximum Gasteiger partial charge on any atom is 0.170 e. The van der Waals surface area contributed by atoms with Crippen molar-refractivity contribution in [1.82, 2.24) is 15.2 Å². The number of benzene rings is 1. The van der Waals surface area contributed by atoms with E-state index in [1.54, 1.807) is 12.4 Å². The van der Waals surface area contributed by atoms with Crippen LogP contribution < -0.4 is 10.6 Å². The summed E-state index contributed by atoms with van der Waals surface area (Å²) < 4.78 is 0. The molecular weight excluding hydrogens is 304 g/mol. The van der Waals surface area contributed by atoms with Crippen LogP contribution in [0.2, 0.25) is 0 Å². The Kier molecular flexibility index (Phi) is 5.56. The minimum Gasteiger partial charge on any atom is -0.362 e. The molecule has 5 heteroatoms. The van der Waals surface area contributed by atoms with Gasteiger partial charge in [-0.2, -0.15) is 0 Å². The van der Waals surface area contributed by atoms with Crippen LogP contribution in [0.1, 0.15) is 17.5 Å². The van der Waals surface area contributed by atoms with Crippen LogP contribution in [-0.4, -0.2) is 34.6 Å². The molecule has 0 unspecified atom stereocenters. The highest BCUT2D eigenvalue weighted by Gasteiger charge is 2.14. The van der Waals surface area contributed by atoms with Gasteiger partial charge in [0.25, 0.3) is 0 Å². The predicted octanol–water partition coefficient (Wildman–Crippen LogP) is 2.82. The zero-order chi connectivity index (χ0) is 15.9. The first kappa shape index (κ1) is 15.9. The van der Waals surface area contributed by atoms with Gasteiger partial charge in [0.15, 0.2) is 5.11 Å². The Labute approximate surface area is 142 Å². The predicted molar refractivity (Wildman–Crippen MR) is 98.5 cm³/mol. The molecule has 1 aliphatic heterocycles. The quantitative estimate of drug-likeness (QED) is 0.653. The molecule has 2 aromatic rings. The fourth-order valence-electron chi connectivity index (χ4n) is 2.86. The molecular formula is C18H22N4S. The van der Waals surface area contributed by atoms with Gasteiger partial charge in [0.2, 0.25) is 0 Å². The fourth-order valence-corrected chi connectivity index (χ4v) is 3.08. The van der Waals surface area contributed by atoms with Crippen molar-refractivity contribution in [3.63, 3.8) is 0 Å². The average Bonchev–Trinajstić information content (AvgIpc) is 2.59. The molecule has 1 aliphatic rings. The van der Waals surface area contributed by atoms with Gasteiger partial charge in [-0.3, -0.25) is 9.88 Å². The van der Waals surface area contributed by atoms with E-state index < -0.39 is 0 Å². The van der Waals surface area contributed by atoms with Gasteiger partial charge in [0.05, 0.1) is 0 Å². The van der Waals surface area contributed by atoms with Crippen molar-refractivity contribution < 1.29 is 0 Å². The molecule has 4 nitrogen and oxygen atoms in total. The molecule has 23 heavy (non-hydrogen) atoms. The molecule has 0 aliphatic carbocycles. The molecule has 1 aromatic heterocycles. The number of hydrogen-bond acceptors (Lipinski definition) is 3.